The highest BCUT2D eigenvalue weighted by Gasteiger charge is 2.79. The van der Waals surface area contributed by atoms with Crippen LogP contribution in [0.1, 0.15) is 72.1 Å². The number of aliphatic hydroxyl groups excluding tert-OH is 1. The Kier molecular flexibility index (Phi) is 5.26. The van der Waals surface area contributed by atoms with Gasteiger partial charge in [-0.25, -0.2) is 4.39 Å². The fourth-order valence-electron chi connectivity index (χ4n) is 8.35. The van der Waals surface area contributed by atoms with Crippen molar-refractivity contribution in [1.82, 2.24) is 0 Å². The number of aliphatic hydroxyl groups is 1. The Morgan fingerprint density at radius 1 is 1.31 bits per heavy atom. The van der Waals surface area contributed by atoms with Crippen LogP contribution in [0.2, 0.25) is 0 Å². The number of hydrogen-bond acceptors (Lipinski definition) is 5. The summed E-state index contributed by atoms with van der Waals surface area (Å²) in [5, 5.41) is 11.5. The van der Waals surface area contributed by atoms with Crippen LogP contribution in [0.15, 0.2) is 11.6 Å². The standard InChI is InChI=1S/C25H34ClFO5/c1-4-5-21-31-20-11-17-16-7-6-14-10-15(28)8-9-22(14,2)24(16,27)18(29)12-23(17,3)25(20,32-21)19(30)13-26/h10,16-18,20-21,29H,4-9,11-13H2,1-3H3/t16-,17-,18-,20+,21?,22-,23-,24-,25+/m0/s1. The number of fused-ring (bicyclic) bond motifs is 7. The van der Waals surface area contributed by atoms with Gasteiger partial charge in [-0.05, 0) is 50.5 Å². The van der Waals surface area contributed by atoms with E-state index in [4.69, 9.17) is 21.1 Å². The minimum Gasteiger partial charge on any atom is -0.390 e. The Hall–Kier alpha value is -0.820. The summed E-state index contributed by atoms with van der Waals surface area (Å²) < 4.78 is 29.9. The molecule has 7 heteroatoms. The molecule has 0 amide bonds. The van der Waals surface area contributed by atoms with E-state index in [1.165, 1.54) is 0 Å². The summed E-state index contributed by atoms with van der Waals surface area (Å²) in [5.74, 6) is -0.992. The van der Waals surface area contributed by atoms with E-state index in [9.17, 15) is 14.7 Å². The van der Waals surface area contributed by atoms with Crippen LogP contribution in [-0.2, 0) is 19.1 Å². The third-order valence-corrected chi connectivity index (χ3v) is 10.1. The summed E-state index contributed by atoms with van der Waals surface area (Å²) in [6.45, 7) is 5.88. The predicted octanol–water partition coefficient (Wildman–Crippen LogP) is 4.28. The zero-order valence-corrected chi connectivity index (χ0v) is 19.9. The van der Waals surface area contributed by atoms with Crippen molar-refractivity contribution in [2.75, 3.05) is 5.88 Å². The molecule has 1 N–H and O–H groups in total. The van der Waals surface area contributed by atoms with Gasteiger partial charge in [0.05, 0.1) is 18.1 Å². The zero-order valence-electron chi connectivity index (χ0n) is 19.2. The molecule has 32 heavy (non-hydrogen) atoms. The molecule has 4 fully saturated rings. The highest BCUT2D eigenvalue weighted by Crippen LogP contribution is 2.72. The maximum atomic E-state index is 17.3. The first-order valence-electron chi connectivity index (χ1n) is 12.1. The Balaban J connectivity index is 1.59. The van der Waals surface area contributed by atoms with Gasteiger partial charge in [-0.1, -0.05) is 32.8 Å². The van der Waals surface area contributed by atoms with E-state index in [0.29, 0.717) is 38.5 Å². The third kappa shape index (κ3) is 2.56. The minimum absolute atomic E-state index is 0.0421. The van der Waals surface area contributed by atoms with E-state index in [0.717, 1.165) is 12.0 Å². The summed E-state index contributed by atoms with van der Waals surface area (Å²) in [7, 11) is 0. The van der Waals surface area contributed by atoms with Gasteiger partial charge in [0.1, 0.15) is 5.67 Å². The Labute approximate surface area is 194 Å². The van der Waals surface area contributed by atoms with Gasteiger partial charge in [0.15, 0.2) is 23.5 Å². The second-order valence-electron chi connectivity index (χ2n) is 11.1. The van der Waals surface area contributed by atoms with Gasteiger partial charge in [-0.15, -0.1) is 11.6 Å². The number of alkyl halides is 2. The molecule has 0 aromatic carbocycles. The number of halogens is 2. The van der Waals surface area contributed by atoms with Crippen molar-refractivity contribution >= 4 is 23.2 Å². The van der Waals surface area contributed by atoms with Gasteiger partial charge in [0, 0.05) is 23.2 Å². The zero-order chi connectivity index (χ0) is 23.1. The molecule has 0 bridgehead atoms. The molecule has 5 rings (SSSR count). The van der Waals surface area contributed by atoms with E-state index >= 15 is 4.39 Å². The lowest BCUT2D eigenvalue weighted by Gasteiger charge is -2.63. The first-order chi connectivity index (χ1) is 15.1. The van der Waals surface area contributed by atoms with E-state index < -0.39 is 46.5 Å². The van der Waals surface area contributed by atoms with E-state index in [-0.39, 0.29) is 29.8 Å². The number of rotatable bonds is 4. The predicted molar refractivity (Wildman–Crippen MR) is 117 cm³/mol. The van der Waals surface area contributed by atoms with Crippen molar-refractivity contribution in [2.24, 2.45) is 22.7 Å². The Morgan fingerprint density at radius 3 is 2.75 bits per heavy atom. The molecule has 0 aromatic rings. The van der Waals surface area contributed by atoms with Crippen LogP contribution < -0.4 is 0 Å². The monoisotopic (exact) mass is 468 g/mol. The van der Waals surface area contributed by atoms with Crippen molar-refractivity contribution in [3.8, 4) is 0 Å². The molecule has 1 unspecified atom stereocenters. The molecular formula is C25H34ClFO5. The highest BCUT2D eigenvalue weighted by atomic mass is 35.5. The normalized spacial score (nSPS) is 52.0. The van der Waals surface area contributed by atoms with Gasteiger partial charge in [-0.2, -0.15) is 0 Å². The maximum Gasteiger partial charge on any atom is 0.182 e. The van der Waals surface area contributed by atoms with Gasteiger partial charge in [0.2, 0.25) is 0 Å². The molecule has 178 valence electrons. The molecule has 0 radical (unpaired) electrons. The summed E-state index contributed by atoms with van der Waals surface area (Å²) in [5.41, 5.74) is -3.92. The van der Waals surface area contributed by atoms with Gasteiger partial charge < -0.3 is 14.6 Å². The second-order valence-corrected chi connectivity index (χ2v) is 11.4. The van der Waals surface area contributed by atoms with Crippen molar-refractivity contribution in [3.05, 3.63) is 11.6 Å². The molecule has 1 aliphatic heterocycles. The fraction of sp³-hybridized carbons (Fsp3) is 0.840. The summed E-state index contributed by atoms with van der Waals surface area (Å²) >= 11 is 6.08. The van der Waals surface area contributed by atoms with Crippen molar-refractivity contribution in [2.45, 2.75) is 102 Å². The fourth-order valence-corrected chi connectivity index (χ4v) is 8.55. The largest absolute Gasteiger partial charge is 0.390 e. The average molecular weight is 469 g/mol. The van der Waals surface area contributed by atoms with Crippen LogP contribution in [-0.4, -0.2) is 52.3 Å². The topological polar surface area (TPSA) is 72.8 Å². The number of ether oxygens (including phenoxy) is 2. The highest BCUT2D eigenvalue weighted by molar-refractivity contribution is 6.29. The molecule has 3 saturated carbocycles. The molecular weight excluding hydrogens is 435 g/mol. The Morgan fingerprint density at radius 2 is 2.06 bits per heavy atom. The summed E-state index contributed by atoms with van der Waals surface area (Å²) in [6.07, 6.45) is 3.45. The molecule has 1 saturated heterocycles. The number of Topliss-reactive ketones (excluding diaryl/α,β-unsaturated/α-hetero) is 1. The molecule has 0 spiro atoms. The molecule has 4 aliphatic carbocycles. The molecule has 0 aromatic heterocycles. The van der Waals surface area contributed by atoms with Gasteiger partial charge in [-0.3, -0.25) is 9.59 Å². The summed E-state index contributed by atoms with van der Waals surface area (Å²) in [6, 6.07) is 0. The first kappa shape index (κ1) is 22.9. The smallest absolute Gasteiger partial charge is 0.182 e. The van der Waals surface area contributed by atoms with Crippen LogP contribution in [0.5, 0.6) is 0 Å². The molecule has 5 aliphatic rings. The summed E-state index contributed by atoms with van der Waals surface area (Å²) in [4.78, 5) is 25.4. The van der Waals surface area contributed by atoms with E-state index in [1.54, 1.807) is 6.08 Å². The lowest BCUT2D eigenvalue weighted by molar-refractivity contribution is -0.237. The number of carbonyl (C=O) groups excluding carboxylic acids is 2. The lowest BCUT2D eigenvalue weighted by Crippen LogP contribution is -2.70. The number of hydrogen-bond donors (Lipinski definition) is 1. The van der Waals surface area contributed by atoms with E-state index in [1.807, 2.05) is 20.8 Å². The van der Waals surface area contributed by atoms with Crippen LogP contribution in [0.25, 0.3) is 0 Å². The van der Waals surface area contributed by atoms with Crippen molar-refractivity contribution in [1.29, 1.82) is 0 Å². The van der Waals surface area contributed by atoms with Crippen LogP contribution in [0.4, 0.5) is 4.39 Å². The third-order valence-electron chi connectivity index (χ3n) is 9.89. The molecule has 9 atom stereocenters. The van der Waals surface area contributed by atoms with Crippen LogP contribution in [0, 0.1) is 22.7 Å². The Bertz CT molecular complexity index is 876. The SMILES string of the molecule is CCCC1O[C@@H]2C[C@H]3[C@@H]4CCC5=CC(=O)CC[C@]5(C)[C@@]4(F)[C@@H](O)C[C@]3(C)[C@]2(C(=O)CCl)O1. The number of carbonyl (C=O) groups is 2. The number of allylic oxidation sites excluding steroid dienone is 1. The minimum atomic E-state index is -1.85. The first-order valence-corrected chi connectivity index (χ1v) is 12.6. The van der Waals surface area contributed by atoms with Crippen molar-refractivity contribution in [3.63, 3.8) is 0 Å². The maximum absolute atomic E-state index is 17.3. The number of ketones is 2. The van der Waals surface area contributed by atoms with Gasteiger partial charge >= 0.3 is 0 Å². The van der Waals surface area contributed by atoms with Gasteiger partial charge in [0.25, 0.3) is 0 Å². The molecule has 5 nitrogen and oxygen atoms in total. The lowest BCUT2D eigenvalue weighted by atomic mass is 9.44. The quantitative estimate of drug-likeness (QED) is 0.623. The van der Waals surface area contributed by atoms with Crippen LogP contribution >= 0.6 is 11.6 Å². The average Bonchev–Trinajstić information content (AvgIpc) is 3.22. The van der Waals surface area contributed by atoms with Crippen LogP contribution in [0.3, 0.4) is 0 Å². The van der Waals surface area contributed by atoms with Crippen molar-refractivity contribution < 1.29 is 28.6 Å². The second kappa shape index (κ2) is 7.34. The van der Waals surface area contributed by atoms with E-state index in [2.05, 4.69) is 0 Å². The molecule has 1 heterocycles.